The summed E-state index contributed by atoms with van der Waals surface area (Å²) in [7, 11) is 0. The van der Waals surface area contributed by atoms with Gasteiger partial charge in [0.1, 0.15) is 0 Å². The zero-order valence-corrected chi connectivity index (χ0v) is 9.92. The Bertz CT molecular complexity index is 290. The van der Waals surface area contributed by atoms with Crippen LogP contribution in [0, 0.1) is 0 Å². The first-order valence-electron chi connectivity index (χ1n) is 5.78. The lowest BCUT2D eigenvalue weighted by Gasteiger charge is -2.24. The van der Waals surface area contributed by atoms with Crippen LogP contribution in [-0.4, -0.2) is 10.1 Å². The van der Waals surface area contributed by atoms with E-state index in [-0.39, 0.29) is 0 Å². The molecule has 1 aromatic rings. The number of hydrogen-bond donors (Lipinski definition) is 1. The van der Waals surface area contributed by atoms with Gasteiger partial charge in [0.2, 0.25) is 5.89 Å². The first-order chi connectivity index (χ1) is 7.16. The van der Waals surface area contributed by atoms with Gasteiger partial charge in [-0.1, -0.05) is 38.8 Å². The average molecular weight is 211 g/mol. The lowest BCUT2D eigenvalue weighted by Crippen LogP contribution is -2.37. The van der Waals surface area contributed by atoms with Crippen LogP contribution in [0.5, 0.6) is 0 Å². The number of nitrogens with zero attached hydrogens (tertiary/aromatic N) is 2. The van der Waals surface area contributed by atoms with E-state index < -0.39 is 5.54 Å². The standard InChI is InChI=1S/C11H21N3O/c1-4-7-11(12,8-5-2)10-13-9(6-3)15-14-10/h4-8,12H2,1-3H3. The van der Waals surface area contributed by atoms with Crippen LogP contribution in [0.2, 0.25) is 0 Å². The fourth-order valence-electron chi connectivity index (χ4n) is 1.84. The third-order valence-corrected chi connectivity index (χ3v) is 2.61. The largest absolute Gasteiger partial charge is 0.339 e. The maximum atomic E-state index is 6.32. The van der Waals surface area contributed by atoms with Crippen molar-refractivity contribution in [3.63, 3.8) is 0 Å². The topological polar surface area (TPSA) is 64.9 Å². The molecule has 0 unspecified atom stereocenters. The molecule has 0 aliphatic rings. The van der Waals surface area contributed by atoms with Crippen molar-refractivity contribution < 1.29 is 4.52 Å². The van der Waals surface area contributed by atoms with Crippen molar-refractivity contribution in [3.8, 4) is 0 Å². The Kier molecular flexibility index (Phi) is 4.27. The van der Waals surface area contributed by atoms with Crippen LogP contribution in [0.4, 0.5) is 0 Å². The monoisotopic (exact) mass is 211 g/mol. The third-order valence-electron chi connectivity index (χ3n) is 2.61. The molecule has 0 amide bonds. The number of hydrogen-bond acceptors (Lipinski definition) is 4. The van der Waals surface area contributed by atoms with Crippen molar-refractivity contribution in [1.29, 1.82) is 0 Å². The Morgan fingerprint density at radius 3 is 2.20 bits per heavy atom. The maximum Gasteiger partial charge on any atom is 0.226 e. The van der Waals surface area contributed by atoms with Gasteiger partial charge in [-0.3, -0.25) is 0 Å². The van der Waals surface area contributed by atoms with Crippen molar-refractivity contribution in [2.24, 2.45) is 5.73 Å². The summed E-state index contributed by atoms with van der Waals surface area (Å²) < 4.78 is 5.11. The van der Waals surface area contributed by atoms with E-state index in [9.17, 15) is 0 Å². The third kappa shape index (κ3) is 2.78. The molecule has 15 heavy (non-hydrogen) atoms. The van der Waals surface area contributed by atoms with Crippen LogP contribution >= 0.6 is 0 Å². The zero-order valence-electron chi connectivity index (χ0n) is 9.92. The molecule has 0 aromatic carbocycles. The fraction of sp³-hybridized carbons (Fsp3) is 0.818. The SMILES string of the molecule is CCCC(N)(CCC)c1noc(CC)n1. The normalized spacial score (nSPS) is 12.0. The van der Waals surface area contributed by atoms with E-state index >= 15 is 0 Å². The van der Waals surface area contributed by atoms with Gasteiger partial charge in [-0.05, 0) is 12.8 Å². The van der Waals surface area contributed by atoms with Crippen molar-refractivity contribution in [3.05, 3.63) is 11.7 Å². The molecule has 0 saturated heterocycles. The first-order valence-corrected chi connectivity index (χ1v) is 5.78. The number of rotatable bonds is 6. The minimum atomic E-state index is -0.402. The van der Waals surface area contributed by atoms with Gasteiger partial charge >= 0.3 is 0 Å². The molecular formula is C11H21N3O. The summed E-state index contributed by atoms with van der Waals surface area (Å²) >= 11 is 0. The summed E-state index contributed by atoms with van der Waals surface area (Å²) in [6.45, 7) is 6.24. The Balaban J connectivity index is 2.87. The maximum absolute atomic E-state index is 6.32. The van der Waals surface area contributed by atoms with Gasteiger partial charge in [0.25, 0.3) is 0 Å². The van der Waals surface area contributed by atoms with Gasteiger partial charge in [0.15, 0.2) is 5.82 Å². The van der Waals surface area contributed by atoms with Crippen LogP contribution in [0.25, 0.3) is 0 Å². The molecule has 0 spiro atoms. The van der Waals surface area contributed by atoms with Gasteiger partial charge in [-0.2, -0.15) is 4.98 Å². The Hall–Kier alpha value is -0.900. The van der Waals surface area contributed by atoms with E-state index in [1.54, 1.807) is 0 Å². The second kappa shape index (κ2) is 5.26. The molecular weight excluding hydrogens is 190 g/mol. The summed E-state index contributed by atoms with van der Waals surface area (Å²) in [4.78, 5) is 4.34. The van der Waals surface area contributed by atoms with Crippen LogP contribution in [0.15, 0.2) is 4.52 Å². The Morgan fingerprint density at radius 1 is 1.20 bits per heavy atom. The summed E-state index contributed by atoms with van der Waals surface area (Å²) in [6.07, 6.45) is 4.65. The molecule has 0 aliphatic carbocycles. The molecule has 4 heteroatoms. The van der Waals surface area contributed by atoms with Crippen molar-refractivity contribution >= 4 is 0 Å². The Labute approximate surface area is 91.2 Å². The van der Waals surface area contributed by atoms with Crippen LogP contribution in [0.3, 0.4) is 0 Å². The molecule has 0 aliphatic heterocycles. The molecule has 0 saturated carbocycles. The number of nitrogens with two attached hydrogens (primary N) is 1. The second-order valence-electron chi connectivity index (χ2n) is 4.02. The molecule has 2 N–H and O–H groups in total. The molecule has 0 radical (unpaired) electrons. The highest BCUT2D eigenvalue weighted by Gasteiger charge is 2.30. The van der Waals surface area contributed by atoms with E-state index in [0.717, 1.165) is 32.1 Å². The lowest BCUT2D eigenvalue weighted by atomic mass is 9.89. The summed E-state index contributed by atoms with van der Waals surface area (Å²) in [6, 6.07) is 0. The summed E-state index contributed by atoms with van der Waals surface area (Å²) in [5.41, 5.74) is 5.92. The molecule has 1 rings (SSSR count). The van der Waals surface area contributed by atoms with Gasteiger partial charge < -0.3 is 10.3 Å². The van der Waals surface area contributed by atoms with Gasteiger partial charge in [0, 0.05) is 6.42 Å². The fourth-order valence-corrected chi connectivity index (χ4v) is 1.84. The predicted molar refractivity (Wildman–Crippen MR) is 59.4 cm³/mol. The smallest absolute Gasteiger partial charge is 0.226 e. The van der Waals surface area contributed by atoms with Crippen LogP contribution < -0.4 is 5.73 Å². The summed E-state index contributed by atoms with van der Waals surface area (Å²) in [5, 5.41) is 3.99. The quantitative estimate of drug-likeness (QED) is 0.784. The molecule has 0 bridgehead atoms. The molecule has 0 fully saturated rings. The van der Waals surface area contributed by atoms with Crippen molar-refractivity contribution in [2.45, 2.75) is 58.4 Å². The minimum absolute atomic E-state index is 0.402. The molecule has 86 valence electrons. The van der Waals surface area contributed by atoms with E-state index in [4.69, 9.17) is 10.3 Å². The molecule has 1 aromatic heterocycles. The predicted octanol–water partition coefficient (Wildman–Crippen LogP) is 2.39. The van der Waals surface area contributed by atoms with Crippen LogP contribution in [0.1, 0.15) is 58.2 Å². The van der Waals surface area contributed by atoms with Crippen molar-refractivity contribution in [1.82, 2.24) is 10.1 Å². The summed E-state index contributed by atoms with van der Waals surface area (Å²) in [5.74, 6) is 1.34. The molecule has 4 nitrogen and oxygen atoms in total. The molecule has 1 heterocycles. The van der Waals surface area contributed by atoms with E-state index in [1.165, 1.54) is 0 Å². The number of aromatic nitrogens is 2. The van der Waals surface area contributed by atoms with E-state index in [0.29, 0.717) is 11.7 Å². The van der Waals surface area contributed by atoms with Crippen molar-refractivity contribution in [2.75, 3.05) is 0 Å². The van der Waals surface area contributed by atoms with Gasteiger partial charge in [-0.25, -0.2) is 0 Å². The van der Waals surface area contributed by atoms with E-state index in [2.05, 4.69) is 24.0 Å². The van der Waals surface area contributed by atoms with Gasteiger partial charge in [0.05, 0.1) is 5.54 Å². The highest BCUT2D eigenvalue weighted by atomic mass is 16.5. The lowest BCUT2D eigenvalue weighted by molar-refractivity contribution is 0.317. The zero-order chi connectivity index (χ0) is 11.3. The highest BCUT2D eigenvalue weighted by Crippen LogP contribution is 2.26. The van der Waals surface area contributed by atoms with Gasteiger partial charge in [-0.15, -0.1) is 0 Å². The average Bonchev–Trinajstić information content (AvgIpc) is 2.67. The minimum Gasteiger partial charge on any atom is -0.339 e. The first kappa shape index (κ1) is 12.2. The number of aryl methyl sites for hydroxylation is 1. The van der Waals surface area contributed by atoms with E-state index in [1.807, 2.05) is 6.92 Å². The molecule has 0 atom stereocenters. The Morgan fingerprint density at radius 2 is 1.80 bits per heavy atom. The second-order valence-corrected chi connectivity index (χ2v) is 4.02. The van der Waals surface area contributed by atoms with Crippen LogP contribution in [-0.2, 0) is 12.0 Å². The highest BCUT2D eigenvalue weighted by molar-refractivity contribution is 5.03.